The van der Waals surface area contributed by atoms with E-state index in [1.165, 1.54) is 12.5 Å². The molecule has 0 radical (unpaired) electrons. The summed E-state index contributed by atoms with van der Waals surface area (Å²) in [5.41, 5.74) is 6.88. The van der Waals surface area contributed by atoms with E-state index in [9.17, 15) is 22.2 Å². The zero-order chi connectivity index (χ0) is 23.3. The van der Waals surface area contributed by atoms with Gasteiger partial charge < -0.3 is 10.6 Å². The molecule has 1 heterocycles. The Labute approximate surface area is 188 Å². The zero-order valence-corrected chi connectivity index (χ0v) is 18.6. The third-order valence-corrected chi connectivity index (χ3v) is 5.34. The molecule has 1 aromatic carbocycles. The fraction of sp³-hybridized carbons (Fsp3) is 0.353. The molecule has 0 saturated heterocycles. The third kappa shape index (κ3) is 6.34. The fourth-order valence-electron chi connectivity index (χ4n) is 2.26. The van der Waals surface area contributed by atoms with Crippen molar-refractivity contribution in [2.45, 2.75) is 37.3 Å². The molecule has 8 nitrogen and oxygen atoms in total. The summed E-state index contributed by atoms with van der Waals surface area (Å²) >= 11 is 11.9. The number of nitrogens with two attached hydrogens (primary N) is 1. The molecule has 2 rings (SSSR count). The normalized spacial score (nSPS) is 13.2. The van der Waals surface area contributed by atoms with Gasteiger partial charge in [0.2, 0.25) is 0 Å². The predicted octanol–water partition coefficient (Wildman–Crippen LogP) is 4.30. The molecular weight excluding hydrogens is 482 g/mol. The van der Waals surface area contributed by atoms with Gasteiger partial charge in [-0.25, -0.2) is 9.79 Å². The van der Waals surface area contributed by atoms with Crippen LogP contribution in [0.1, 0.15) is 31.7 Å². The molecule has 1 atom stereocenters. The van der Waals surface area contributed by atoms with E-state index in [-0.39, 0.29) is 28.8 Å². The summed E-state index contributed by atoms with van der Waals surface area (Å²) in [6.45, 7) is 1.89. The molecule has 0 spiro atoms. The van der Waals surface area contributed by atoms with Crippen molar-refractivity contribution < 1.29 is 27.0 Å². The minimum absolute atomic E-state index is 0.101. The lowest BCUT2D eigenvalue weighted by Crippen LogP contribution is -2.34. The molecular formula is C17H18Cl2F3N5O3S. The van der Waals surface area contributed by atoms with Gasteiger partial charge in [0.15, 0.2) is 0 Å². The minimum atomic E-state index is -4.67. The number of nitrogen functional groups attached to an aromatic ring is 1. The second-order valence-electron chi connectivity index (χ2n) is 6.16. The predicted molar refractivity (Wildman–Crippen MR) is 112 cm³/mol. The van der Waals surface area contributed by atoms with Gasteiger partial charge in [0.05, 0.1) is 32.6 Å². The maximum atomic E-state index is 13.0. The van der Waals surface area contributed by atoms with Crippen LogP contribution in [0.5, 0.6) is 0 Å². The third-order valence-electron chi connectivity index (χ3n) is 3.83. The smallest absolute Gasteiger partial charge is 0.382 e. The van der Waals surface area contributed by atoms with Gasteiger partial charge in [-0.1, -0.05) is 36.5 Å². The number of halogens is 5. The van der Waals surface area contributed by atoms with Gasteiger partial charge in [-0.15, -0.1) is 0 Å². The van der Waals surface area contributed by atoms with Crippen LogP contribution in [0.15, 0.2) is 28.2 Å². The first-order valence-corrected chi connectivity index (χ1v) is 11.0. The van der Waals surface area contributed by atoms with E-state index in [1.807, 2.05) is 6.92 Å². The van der Waals surface area contributed by atoms with Gasteiger partial charge in [0.25, 0.3) is 5.96 Å². The summed E-state index contributed by atoms with van der Waals surface area (Å²) in [5.74, 6) is -1.05. The number of aromatic nitrogens is 2. The number of benzene rings is 1. The summed E-state index contributed by atoms with van der Waals surface area (Å²) < 4.78 is 51.6. The Kier molecular flexibility index (Phi) is 8.32. The molecule has 31 heavy (non-hydrogen) atoms. The second kappa shape index (κ2) is 10.3. The van der Waals surface area contributed by atoms with E-state index in [1.54, 1.807) is 0 Å². The number of carbonyl (C=O) groups is 1. The first-order chi connectivity index (χ1) is 14.5. The lowest BCUT2D eigenvalue weighted by atomic mass is 10.2. The first kappa shape index (κ1) is 25.0. The van der Waals surface area contributed by atoms with Crippen molar-refractivity contribution in [2.24, 2.45) is 4.99 Å². The Balaban J connectivity index is 2.51. The molecule has 3 N–H and O–H groups in total. The van der Waals surface area contributed by atoms with Crippen molar-refractivity contribution in [2.75, 3.05) is 12.0 Å². The molecule has 170 valence electrons. The van der Waals surface area contributed by atoms with E-state index in [0.717, 1.165) is 11.1 Å². The van der Waals surface area contributed by atoms with Crippen LogP contribution in [0.2, 0.25) is 10.0 Å². The molecule has 0 aliphatic heterocycles. The van der Waals surface area contributed by atoms with Gasteiger partial charge in [-0.05, 0) is 18.6 Å². The van der Waals surface area contributed by atoms with Crippen LogP contribution in [-0.2, 0) is 26.6 Å². The summed E-state index contributed by atoms with van der Waals surface area (Å²) in [6.07, 6.45) is -0.653. The second-order valence-corrected chi connectivity index (χ2v) is 8.32. The van der Waals surface area contributed by atoms with E-state index >= 15 is 0 Å². The number of nitrogens with one attached hydrogen (secondary N) is 1. The van der Waals surface area contributed by atoms with Crippen LogP contribution in [0.4, 0.5) is 24.7 Å². The average molecular weight is 500 g/mol. The fourth-order valence-corrected chi connectivity index (χ4v) is 3.41. The Bertz CT molecular complexity index is 1000. The summed E-state index contributed by atoms with van der Waals surface area (Å²) in [5, 5.41) is 3.11. The minimum Gasteiger partial charge on any atom is -0.382 e. The van der Waals surface area contributed by atoms with Gasteiger partial charge in [-0.2, -0.15) is 28.4 Å². The van der Waals surface area contributed by atoms with Crippen LogP contribution < -0.4 is 11.2 Å². The van der Waals surface area contributed by atoms with Crippen molar-refractivity contribution >= 4 is 57.4 Å². The lowest BCUT2D eigenvalue weighted by Gasteiger charge is -2.13. The van der Waals surface area contributed by atoms with Gasteiger partial charge in [-0.3, -0.25) is 4.21 Å². The standard InChI is InChI=1S/C17H18Cl2F3N5O3S/c1-3-4-5-13(28)30-26-16(27-15(23)12(8-24-27)31(2)29)25-14-10(18)6-9(7-11(14)19)17(20,21)22/h6-8H,3-5,23H2,1-2H3,(H,25,26). The zero-order valence-electron chi connectivity index (χ0n) is 16.3. The van der Waals surface area contributed by atoms with Crippen LogP contribution in [0.25, 0.3) is 0 Å². The molecule has 0 amide bonds. The Morgan fingerprint density at radius 2 is 1.97 bits per heavy atom. The monoisotopic (exact) mass is 499 g/mol. The number of hydrogen-bond acceptors (Lipinski definition) is 6. The van der Waals surface area contributed by atoms with Gasteiger partial charge >= 0.3 is 12.1 Å². The molecule has 0 aliphatic rings. The molecule has 1 aromatic heterocycles. The Hall–Kier alpha value is -2.31. The summed E-state index contributed by atoms with van der Waals surface area (Å²) in [4.78, 5) is 21.0. The van der Waals surface area contributed by atoms with Crippen molar-refractivity contribution in [3.63, 3.8) is 0 Å². The molecule has 0 bridgehead atoms. The number of nitrogens with zero attached hydrogens (tertiary/aromatic N) is 3. The highest BCUT2D eigenvalue weighted by Crippen LogP contribution is 2.40. The Morgan fingerprint density at radius 1 is 1.35 bits per heavy atom. The van der Waals surface area contributed by atoms with Gasteiger partial charge in [0.1, 0.15) is 16.4 Å². The van der Waals surface area contributed by atoms with Gasteiger partial charge in [0, 0.05) is 12.7 Å². The van der Waals surface area contributed by atoms with Crippen molar-refractivity contribution in [1.82, 2.24) is 15.3 Å². The van der Waals surface area contributed by atoms with E-state index in [2.05, 4.69) is 15.6 Å². The van der Waals surface area contributed by atoms with Crippen LogP contribution in [0, 0.1) is 0 Å². The highest BCUT2D eigenvalue weighted by molar-refractivity contribution is 7.84. The maximum Gasteiger partial charge on any atom is 0.416 e. The largest absolute Gasteiger partial charge is 0.416 e. The number of unbranched alkanes of at least 4 members (excludes halogenated alkanes) is 1. The number of anilines is 1. The number of alkyl halides is 3. The lowest BCUT2D eigenvalue weighted by molar-refractivity contribution is -0.148. The molecule has 0 fully saturated rings. The molecule has 0 saturated carbocycles. The number of hydrogen-bond donors (Lipinski definition) is 2. The number of hydroxylamine groups is 1. The van der Waals surface area contributed by atoms with Crippen LogP contribution >= 0.6 is 23.2 Å². The van der Waals surface area contributed by atoms with E-state index < -0.39 is 38.6 Å². The molecule has 0 aliphatic carbocycles. The summed E-state index contributed by atoms with van der Waals surface area (Å²) in [7, 11) is -1.50. The number of rotatable bonds is 5. The maximum absolute atomic E-state index is 13.0. The Morgan fingerprint density at radius 3 is 2.45 bits per heavy atom. The topological polar surface area (TPSA) is 112 Å². The first-order valence-electron chi connectivity index (χ1n) is 8.73. The van der Waals surface area contributed by atoms with Crippen molar-refractivity contribution in [3.8, 4) is 0 Å². The van der Waals surface area contributed by atoms with Crippen LogP contribution in [-0.4, -0.2) is 32.2 Å². The van der Waals surface area contributed by atoms with Crippen LogP contribution in [0.3, 0.4) is 0 Å². The molecule has 1 unspecified atom stereocenters. The highest BCUT2D eigenvalue weighted by Gasteiger charge is 2.32. The summed E-state index contributed by atoms with van der Waals surface area (Å²) in [6, 6.07) is 1.30. The number of aliphatic imine (C=N–C) groups is 1. The highest BCUT2D eigenvalue weighted by atomic mass is 35.5. The van der Waals surface area contributed by atoms with Crippen molar-refractivity contribution in [1.29, 1.82) is 0 Å². The quantitative estimate of drug-likeness (QED) is 0.360. The van der Waals surface area contributed by atoms with E-state index in [0.29, 0.717) is 18.6 Å². The average Bonchev–Trinajstić information content (AvgIpc) is 3.06. The number of carbonyl (C=O) groups excluding carboxylic acids is 1. The molecule has 14 heteroatoms. The molecule has 2 aromatic rings. The SMILES string of the molecule is CCCCC(=O)ONC(=Nc1c(Cl)cc(C(F)(F)F)cc1Cl)n1ncc(S(C)=O)c1N. The van der Waals surface area contributed by atoms with Crippen molar-refractivity contribution in [3.05, 3.63) is 33.9 Å². The van der Waals surface area contributed by atoms with E-state index in [4.69, 9.17) is 33.8 Å².